The monoisotopic (exact) mass is 595 g/mol. The number of hydrogen-bond acceptors (Lipinski definition) is 5. The molecule has 1 unspecified atom stereocenters. The number of aromatic nitrogens is 1. The molecule has 8 nitrogen and oxygen atoms in total. The Balaban J connectivity index is 0.000000349. The number of carboxylic acid groups (broad SMARTS) is 2. The third kappa shape index (κ3) is 10.3. The van der Waals surface area contributed by atoms with Gasteiger partial charge in [0.05, 0.1) is 17.7 Å². The molecule has 1 atom stereocenters. The van der Waals surface area contributed by atoms with Crippen molar-refractivity contribution in [2.45, 2.75) is 51.6 Å². The minimum atomic E-state index is -5.08. The molecule has 0 bridgehead atoms. The molecule has 0 saturated carbocycles. The van der Waals surface area contributed by atoms with Crippen molar-refractivity contribution in [1.29, 1.82) is 0 Å². The number of rotatable bonds is 4. The van der Waals surface area contributed by atoms with Crippen molar-refractivity contribution < 1.29 is 55.3 Å². The fourth-order valence-corrected chi connectivity index (χ4v) is 4.52. The van der Waals surface area contributed by atoms with E-state index in [1.807, 2.05) is 42.2 Å². The second-order valence-electron chi connectivity index (χ2n) is 9.57. The first-order valence-corrected chi connectivity index (χ1v) is 12.2. The maximum Gasteiger partial charge on any atom is 0.490 e. The Hall–Kier alpha value is -3.75. The zero-order chi connectivity index (χ0) is 31.0. The van der Waals surface area contributed by atoms with Crippen LogP contribution in [-0.2, 0) is 27.5 Å². The number of alkyl halides is 6. The average molecular weight is 596 g/mol. The van der Waals surface area contributed by atoms with Crippen LogP contribution in [0.4, 0.5) is 30.7 Å². The zero-order valence-corrected chi connectivity index (χ0v) is 21.8. The van der Waals surface area contributed by atoms with Gasteiger partial charge in [-0.1, -0.05) is 18.2 Å². The van der Waals surface area contributed by atoms with Crippen LogP contribution in [0.15, 0.2) is 42.5 Å². The van der Waals surface area contributed by atoms with Crippen molar-refractivity contribution in [2.24, 2.45) is 5.41 Å². The summed E-state index contributed by atoms with van der Waals surface area (Å²) in [5, 5.41) is 14.2. The molecule has 0 aliphatic carbocycles. The lowest BCUT2D eigenvalue weighted by Gasteiger charge is -2.39. The molecule has 1 aromatic carbocycles. The van der Waals surface area contributed by atoms with Crippen molar-refractivity contribution in [2.75, 3.05) is 19.6 Å². The highest BCUT2D eigenvalue weighted by molar-refractivity contribution is 5.85. The molecule has 1 amide bonds. The van der Waals surface area contributed by atoms with Crippen molar-refractivity contribution >= 4 is 17.8 Å². The number of piperidine rings is 1. The van der Waals surface area contributed by atoms with Gasteiger partial charge in [0.1, 0.15) is 5.82 Å². The minimum absolute atomic E-state index is 0.208. The molecule has 2 aliphatic rings. The van der Waals surface area contributed by atoms with Crippen molar-refractivity contribution in [3.63, 3.8) is 0 Å². The molecular formula is C26H28F7N3O5. The zero-order valence-electron chi connectivity index (χ0n) is 21.8. The fourth-order valence-electron chi connectivity index (χ4n) is 4.52. The van der Waals surface area contributed by atoms with Crippen LogP contribution in [0.25, 0.3) is 0 Å². The SMILES string of the molecule is Cc1cccc(CN2CCC3(CCCN(Cc4ccc(F)cc4)C3)C2=O)n1.O=C(O)C(F)(F)F.O=C(O)C(F)(F)F. The first-order chi connectivity index (χ1) is 18.9. The van der Waals surface area contributed by atoms with E-state index in [1.54, 1.807) is 0 Å². The number of carbonyl (C=O) groups is 3. The quantitative estimate of drug-likeness (QED) is 0.488. The second-order valence-corrected chi connectivity index (χ2v) is 9.57. The van der Waals surface area contributed by atoms with Crippen molar-refractivity contribution in [1.82, 2.24) is 14.8 Å². The van der Waals surface area contributed by atoms with E-state index in [1.165, 1.54) is 12.1 Å². The number of halogens is 7. The van der Waals surface area contributed by atoms with E-state index < -0.39 is 24.3 Å². The van der Waals surface area contributed by atoms with Gasteiger partial charge in [-0.05, 0) is 62.6 Å². The number of pyridine rings is 1. The smallest absolute Gasteiger partial charge is 0.475 e. The summed E-state index contributed by atoms with van der Waals surface area (Å²) in [6.45, 7) is 5.94. The van der Waals surface area contributed by atoms with Crippen molar-refractivity contribution in [3.8, 4) is 0 Å². The van der Waals surface area contributed by atoms with Crippen LogP contribution in [0.3, 0.4) is 0 Å². The van der Waals surface area contributed by atoms with Crippen LogP contribution in [0, 0.1) is 18.2 Å². The van der Waals surface area contributed by atoms with Gasteiger partial charge in [-0.3, -0.25) is 14.7 Å². The van der Waals surface area contributed by atoms with Gasteiger partial charge in [0.25, 0.3) is 0 Å². The lowest BCUT2D eigenvalue weighted by Crippen LogP contribution is -2.47. The fraction of sp³-hybridized carbons (Fsp3) is 0.462. The topological polar surface area (TPSA) is 111 Å². The highest BCUT2D eigenvalue weighted by atomic mass is 19.4. The second kappa shape index (κ2) is 13.7. The summed E-state index contributed by atoms with van der Waals surface area (Å²) >= 11 is 0. The Kier molecular flexibility index (Phi) is 11.2. The Labute approximate surface area is 230 Å². The standard InChI is InChI=1S/C22H26FN3O.2C2HF3O2/c1-17-4-2-5-20(24-17)15-26-13-11-22(21(26)27)10-3-12-25(16-22)14-18-6-8-19(23)9-7-18;2*3-2(4,5)1(6)7/h2,4-9H,3,10-16H2,1H3;2*(H,6,7). The number of benzene rings is 1. The van der Waals surface area contributed by atoms with E-state index in [0.29, 0.717) is 6.54 Å². The van der Waals surface area contributed by atoms with Crippen LogP contribution in [-0.4, -0.2) is 74.8 Å². The number of aryl methyl sites for hydroxylation is 1. The first kappa shape index (κ1) is 33.5. The molecule has 2 aliphatic heterocycles. The normalized spacial score (nSPS) is 19.2. The lowest BCUT2D eigenvalue weighted by atomic mass is 9.78. The van der Waals surface area contributed by atoms with Gasteiger partial charge < -0.3 is 15.1 Å². The van der Waals surface area contributed by atoms with E-state index in [9.17, 15) is 35.5 Å². The summed E-state index contributed by atoms with van der Waals surface area (Å²) in [5.41, 5.74) is 2.78. The van der Waals surface area contributed by atoms with Crippen LogP contribution in [0.5, 0.6) is 0 Å². The van der Waals surface area contributed by atoms with E-state index in [4.69, 9.17) is 19.8 Å². The molecule has 1 aromatic heterocycles. The van der Waals surface area contributed by atoms with Crippen LogP contribution in [0.2, 0.25) is 0 Å². The summed E-state index contributed by atoms with van der Waals surface area (Å²) in [6, 6.07) is 12.7. The number of amides is 1. The first-order valence-electron chi connectivity index (χ1n) is 12.2. The largest absolute Gasteiger partial charge is 0.490 e. The molecule has 226 valence electrons. The van der Waals surface area contributed by atoms with Gasteiger partial charge >= 0.3 is 24.3 Å². The predicted molar refractivity (Wildman–Crippen MR) is 130 cm³/mol. The molecule has 2 aromatic rings. The lowest BCUT2D eigenvalue weighted by molar-refractivity contribution is -0.193. The molecule has 3 heterocycles. The average Bonchev–Trinajstić information content (AvgIpc) is 3.14. The van der Waals surface area contributed by atoms with Gasteiger partial charge in [0.2, 0.25) is 5.91 Å². The van der Waals surface area contributed by atoms with E-state index in [-0.39, 0.29) is 17.1 Å². The van der Waals surface area contributed by atoms with Gasteiger partial charge in [-0.15, -0.1) is 0 Å². The number of carboxylic acids is 2. The Morgan fingerprint density at radius 2 is 1.46 bits per heavy atom. The summed E-state index contributed by atoms with van der Waals surface area (Å²) in [7, 11) is 0. The molecule has 15 heteroatoms. The minimum Gasteiger partial charge on any atom is -0.475 e. The van der Waals surface area contributed by atoms with E-state index in [2.05, 4.69) is 9.88 Å². The summed E-state index contributed by atoms with van der Waals surface area (Å²) in [4.78, 5) is 39.9. The number of carbonyl (C=O) groups excluding carboxylic acids is 1. The number of aliphatic carboxylic acids is 2. The Bertz CT molecular complexity index is 1180. The molecule has 2 fully saturated rings. The molecule has 41 heavy (non-hydrogen) atoms. The molecule has 2 N–H and O–H groups in total. The van der Waals surface area contributed by atoms with Crippen LogP contribution >= 0.6 is 0 Å². The van der Waals surface area contributed by atoms with Crippen molar-refractivity contribution in [3.05, 3.63) is 65.2 Å². The number of hydrogen-bond donors (Lipinski definition) is 2. The highest BCUT2D eigenvalue weighted by Crippen LogP contribution is 2.41. The number of nitrogens with zero attached hydrogens (tertiary/aromatic N) is 3. The molecule has 0 radical (unpaired) electrons. The highest BCUT2D eigenvalue weighted by Gasteiger charge is 2.48. The molecular weight excluding hydrogens is 567 g/mol. The maximum atomic E-state index is 13.2. The van der Waals surface area contributed by atoms with Gasteiger partial charge in [0.15, 0.2) is 0 Å². The van der Waals surface area contributed by atoms with Gasteiger partial charge in [-0.25, -0.2) is 14.0 Å². The third-order valence-corrected chi connectivity index (χ3v) is 6.36. The number of likely N-dealkylation sites (tertiary alicyclic amines) is 2. The molecule has 2 saturated heterocycles. The summed E-state index contributed by atoms with van der Waals surface area (Å²) in [5.74, 6) is -5.45. The van der Waals surface area contributed by atoms with E-state index >= 15 is 0 Å². The van der Waals surface area contributed by atoms with Crippen LogP contribution in [0.1, 0.15) is 36.2 Å². The molecule has 1 spiro atoms. The summed E-state index contributed by atoms with van der Waals surface area (Å²) < 4.78 is 76.6. The van der Waals surface area contributed by atoms with E-state index in [0.717, 1.165) is 62.4 Å². The predicted octanol–water partition coefficient (Wildman–Crippen LogP) is 4.81. The van der Waals surface area contributed by atoms with Gasteiger partial charge in [0, 0.05) is 25.3 Å². The maximum absolute atomic E-state index is 13.2. The summed E-state index contributed by atoms with van der Waals surface area (Å²) in [6.07, 6.45) is -7.26. The third-order valence-electron chi connectivity index (χ3n) is 6.36. The Morgan fingerprint density at radius 1 is 0.902 bits per heavy atom. The van der Waals surface area contributed by atoms with Crippen LogP contribution < -0.4 is 0 Å². The Morgan fingerprint density at radius 3 is 1.98 bits per heavy atom. The molecule has 4 rings (SSSR count). The van der Waals surface area contributed by atoms with Gasteiger partial charge in [-0.2, -0.15) is 26.3 Å².